The van der Waals surface area contributed by atoms with Gasteiger partial charge in [0.15, 0.2) is 0 Å². The molecular weight excluding hydrogens is 206 g/mol. The van der Waals surface area contributed by atoms with Crippen LogP contribution in [0, 0.1) is 0 Å². The van der Waals surface area contributed by atoms with E-state index in [1.165, 1.54) is 0 Å². The average Bonchev–Trinajstić information content (AvgIpc) is 2.27. The molecule has 0 atom stereocenters. The highest BCUT2D eigenvalue weighted by Crippen LogP contribution is 2.06. The van der Waals surface area contributed by atoms with E-state index in [4.69, 9.17) is 5.11 Å². The van der Waals surface area contributed by atoms with Crippen LogP contribution in [0.5, 0.6) is 0 Å². The van der Waals surface area contributed by atoms with Gasteiger partial charge in [-0.15, -0.1) is 0 Å². The molecule has 0 saturated heterocycles. The second-order valence-electron chi connectivity index (χ2n) is 3.45. The molecule has 2 N–H and O–H groups in total. The van der Waals surface area contributed by atoms with Crippen LogP contribution in [-0.4, -0.2) is 23.5 Å². The van der Waals surface area contributed by atoms with E-state index in [0.717, 1.165) is 5.56 Å². The van der Waals surface area contributed by atoms with Crippen LogP contribution in [0.15, 0.2) is 24.3 Å². The topological polar surface area (TPSA) is 66.4 Å². The lowest BCUT2D eigenvalue weighted by Gasteiger charge is -2.03. The molecule has 0 unspecified atom stereocenters. The Morgan fingerprint density at radius 3 is 2.38 bits per heavy atom. The molecule has 0 aliphatic heterocycles. The molecule has 0 aliphatic carbocycles. The van der Waals surface area contributed by atoms with Gasteiger partial charge in [-0.3, -0.25) is 9.59 Å². The number of carboxylic acids is 1. The fourth-order valence-corrected chi connectivity index (χ4v) is 1.34. The van der Waals surface area contributed by atoms with Crippen LogP contribution in [0.25, 0.3) is 0 Å². The first-order chi connectivity index (χ1) is 7.63. The average molecular weight is 221 g/mol. The largest absolute Gasteiger partial charge is 0.481 e. The predicted octanol–water partition coefficient (Wildman–Crippen LogP) is 1.45. The van der Waals surface area contributed by atoms with Crippen LogP contribution in [0.4, 0.5) is 0 Å². The van der Waals surface area contributed by atoms with Gasteiger partial charge in [0.1, 0.15) is 0 Å². The monoisotopic (exact) mass is 221 g/mol. The third-order valence-corrected chi connectivity index (χ3v) is 2.18. The number of nitrogens with one attached hydrogen (secondary N) is 1. The highest BCUT2D eigenvalue weighted by molar-refractivity contribution is 5.94. The zero-order chi connectivity index (χ0) is 12.0. The summed E-state index contributed by atoms with van der Waals surface area (Å²) in [5.74, 6) is -0.917. The maximum Gasteiger partial charge on any atom is 0.303 e. The van der Waals surface area contributed by atoms with E-state index in [9.17, 15) is 9.59 Å². The smallest absolute Gasteiger partial charge is 0.303 e. The number of carbonyl (C=O) groups is 2. The van der Waals surface area contributed by atoms with Crippen molar-refractivity contribution >= 4 is 11.9 Å². The van der Waals surface area contributed by atoms with Gasteiger partial charge in [-0.25, -0.2) is 0 Å². The molecule has 1 amide bonds. The van der Waals surface area contributed by atoms with Crippen molar-refractivity contribution in [1.82, 2.24) is 5.32 Å². The van der Waals surface area contributed by atoms with E-state index in [-0.39, 0.29) is 12.3 Å². The lowest BCUT2D eigenvalue weighted by molar-refractivity contribution is -0.136. The molecule has 0 saturated carbocycles. The third kappa shape index (κ3) is 3.73. The Balaban J connectivity index is 2.60. The molecule has 0 spiro atoms. The van der Waals surface area contributed by atoms with E-state index >= 15 is 0 Å². The highest BCUT2D eigenvalue weighted by atomic mass is 16.4. The van der Waals surface area contributed by atoms with E-state index < -0.39 is 5.97 Å². The minimum atomic E-state index is -0.812. The summed E-state index contributed by atoms with van der Waals surface area (Å²) in [6, 6.07) is 6.99. The normalized spacial score (nSPS) is 9.81. The Hall–Kier alpha value is -1.84. The summed E-state index contributed by atoms with van der Waals surface area (Å²) in [7, 11) is 0. The highest BCUT2D eigenvalue weighted by Gasteiger charge is 2.04. The Labute approximate surface area is 94.3 Å². The molecule has 0 fully saturated rings. The van der Waals surface area contributed by atoms with Gasteiger partial charge in [0, 0.05) is 18.5 Å². The van der Waals surface area contributed by atoms with Crippen LogP contribution < -0.4 is 5.32 Å². The van der Waals surface area contributed by atoms with Gasteiger partial charge in [-0.1, -0.05) is 12.1 Å². The van der Waals surface area contributed by atoms with Gasteiger partial charge in [0.2, 0.25) is 0 Å². The first-order valence-electron chi connectivity index (χ1n) is 5.22. The molecule has 0 aliphatic rings. The summed E-state index contributed by atoms with van der Waals surface area (Å²) in [5, 5.41) is 11.2. The first kappa shape index (κ1) is 12.2. The maximum absolute atomic E-state index is 11.4. The predicted molar refractivity (Wildman–Crippen MR) is 60.4 cm³/mol. The minimum absolute atomic E-state index is 0.104. The lowest BCUT2D eigenvalue weighted by Crippen LogP contribution is -2.22. The number of amides is 1. The van der Waals surface area contributed by atoms with E-state index in [0.29, 0.717) is 18.5 Å². The number of aliphatic carboxylic acids is 1. The standard InChI is InChI=1S/C12H15NO3/c1-2-13-12(16)10-6-3-9(4-7-10)5-8-11(14)15/h3-4,6-7H,2,5,8H2,1H3,(H,13,16)(H,14,15). The molecule has 4 heteroatoms. The number of hydrogen-bond acceptors (Lipinski definition) is 2. The minimum Gasteiger partial charge on any atom is -0.481 e. The molecule has 1 aromatic rings. The van der Waals surface area contributed by atoms with Crippen molar-refractivity contribution in [3.8, 4) is 0 Å². The van der Waals surface area contributed by atoms with Crippen molar-refractivity contribution in [2.45, 2.75) is 19.8 Å². The molecule has 1 rings (SSSR count). The van der Waals surface area contributed by atoms with Crippen molar-refractivity contribution < 1.29 is 14.7 Å². The summed E-state index contributed by atoms with van der Waals surface area (Å²) in [6.07, 6.45) is 0.603. The van der Waals surface area contributed by atoms with Gasteiger partial charge in [0.25, 0.3) is 5.91 Å². The van der Waals surface area contributed by atoms with Crippen LogP contribution in [0.2, 0.25) is 0 Å². The Morgan fingerprint density at radius 1 is 1.25 bits per heavy atom. The van der Waals surface area contributed by atoms with Gasteiger partial charge >= 0.3 is 5.97 Å². The first-order valence-corrected chi connectivity index (χ1v) is 5.22. The molecule has 0 radical (unpaired) electrons. The Kier molecular flexibility index (Phi) is 4.51. The zero-order valence-corrected chi connectivity index (χ0v) is 9.19. The summed E-state index contributed by atoms with van der Waals surface area (Å²) >= 11 is 0. The molecule has 0 bridgehead atoms. The second-order valence-corrected chi connectivity index (χ2v) is 3.45. The number of carbonyl (C=O) groups excluding carboxylic acids is 1. The van der Waals surface area contributed by atoms with Crippen molar-refractivity contribution in [1.29, 1.82) is 0 Å². The number of carboxylic acid groups (broad SMARTS) is 1. The van der Waals surface area contributed by atoms with Crippen molar-refractivity contribution in [3.05, 3.63) is 35.4 Å². The van der Waals surface area contributed by atoms with Crippen molar-refractivity contribution in [3.63, 3.8) is 0 Å². The summed E-state index contributed by atoms with van der Waals surface area (Å²) in [6.45, 7) is 2.46. The zero-order valence-electron chi connectivity index (χ0n) is 9.19. The fraction of sp³-hybridized carbons (Fsp3) is 0.333. The van der Waals surface area contributed by atoms with E-state index in [2.05, 4.69) is 5.32 Å². The van der Waals surface area contributed by atoms with Gasteiger partial charge in [-0.2, -0.15) is 0 Å². The van der Waals surface area contributed by atoms with Crippen LogP contribution in [0.1, 0.15) is 29.3 Å². The number of hydrogen-bond donors (Lipinski definition) is 2. The van der Waals surface area contributed by atoms with E-state index in [1.54, 1.807) is 24.3 Å². The van der Waals surface area contributed by atoms with Crippen molar-refractivity contribution in [2.75, 3.05) is 6.54 Å². The number of rotatable bonds is 5. The molecule has 16 heavy (non-hydrogen) atoms. The quantitative estimate of drug-likeness (QED) is 0.790. The van der Waals surface area contributed by atoms with Crippen molar-refractivity contribution in [2.24, 2.45) is 0 Å². The number of benzene rings is 1. The molecule has 1 aromatic carbocycles. The van der Waals surface area contributed by atoms with Crippen LogP contribution in [0.3, 0.4) is 0 Å². The lowest BCUT2D eigenvalue weighted by atomic mass is 10.1. The molecule has 86 valence electrons. The molecule has 4 nitrogen and oxygen atoms in total. The third-order valence-electron chi connectivity index (χ3n) is 2.18. The van der Waals surface area contributed by atoms with Crippen LogP contribution >= 0.6 is 0 Å². The van der Waals surface area contributed by atoms with Gasteiger partial charge in [0.05, 0.1) is 0 Å². The Bertz CT molecular complexity index is 370. The fourth-order valence-electron chi connectivity index (χ4n) is 1.34. The summed E-state index contributed by atoms with van der Waals surface area (Å²) in [5.41, 5.74) is 1.52. The van der Waals surface area contributed by atoms with Crippen LogP contribution in [-0.2, 0) is 11.2 Å². The van der Waals surface area contributed by atoms with E-state index in [1.807, 2.05) is 6.92 Å². The molecular formula is C12H15NO3. The molecule has 0 heterocycles. The summed E-state index contributed by atoms with van der Waals surface area (Å²) in [4.78, 5) is 21.8. The SMILES string of the molecule is CCNC(=O)c1ccc(CCC(=O)O)cc1. The van der Waals surface area contributed by atoms with Gasteiger partial charge in [-0.05, 0) is 31.0 Å². The summed E-state index contributed by atoms with van der Waals surface area (Å²) < 4.78 is 0. The molecule has 0 aromatic heterocycles. The second kappa shape index (κ2) is 5.90. The Morgan fingerprint density at radius 2 is 1.88 bits per heavy atom. The van der Waals surface area contributed by atoms with Gasteiger partial charge < -0.3 is 10.4 Å². The number of aryl methyl sites for hydroxylation is 1. The maximum atomic E-state index is 11.4.